The van der Waals surface area contributed by atoms with Gasteiger partial charge in [0, 0.05) is 11.3 Å². The van der Waals surface area contributed by atoms with Crippen LogP contribution in [0, 0.1) is 6.92 Å². The molecule has 2 rings (SSSR count). The van der Waals surface area contributed by atoms with Gasteiger partial charge in [-0.05, 0) is 31.5 Å². The summed E-state index contributed by atoms with van der Waals surface area (Å²) in [7, 11) is 0. The summed E-state index contributed by atoms with van der Waals surface area (Å²) in [5.41, 5.74) is 3.03. The molecule has 0 amide bonds. The van der Waals surface area contributed by atoms with E-state index in [-0.39, 0.29) is 0 Å². The Bertz CT molecular complexity index is 462. The van der Waals surface area contributed by atoms with E-state index < -0.39 is 0 Å². The van der Waals surface area contributed by atoms with Crippen molar-refractivity contribution in [2.24, 2.45) is 0 Å². The van der Waals surface area contributed by atoms with Gasteiger partial charge in [0.1, 0.15) is 5.75 Å². The quantitative estimate of drug-likeness (QED) is 0.852. The van der Waals surface area contributed by atoms with E-state index in [1.807, 2.05) is 37.3 Å². The van der Waals surface area contributed by atoms with Gasteiger partial charge in [-0.3, -0.25) is 5.10 Å². The third-order valence-corrected chi connectivity index (χ3v) is 2.33. The van der Waals surface area contributed by atoms with Gasteiger partial charge in [-0.25, -0.2) is 0 Å². The zero-order valence-electron chi connectivity index (χ0n) is 9.66. The molecule has 16 heavy (non-hydrogen) atoms. The fraction of sp³-hybridized carbons (Fsp3) is 0.308. The standard InChI is InChI=1S/C13H16N2O/c1-3-8-16-13-7-5-4-6-11(13)12-9-10(2)14-15-12/h4-7,9H,3,8H2,1-2H3,(H,14,15). The summed E-state index contributed by atoms with van der Waals surface area (Å²) in [4.78, 5) is 0. The number of nitrogens with one attached hydrogen (secondary N) is 1. The van der Waals surface area contributed by atoms with Crippen molar-refractivity contribution in [3.8, 4) is 17.0 Å². The van der Waals surface area contributed by atoms with Crippen LogP contribution in [0.5, 0.6) is 5.75 Å². The summed E-state index contributed by atoms with van der Waals surface area (Å²) >= 11 is 0. The molecule has 1 heterocycles. The average Bonchev–Trinajstić information content (AvgIpc) is 2.73. The van der Waals surface area contributed by atoms with E-state index in [0.717, 1.165) is 35.7 Å². The highest BCUT2D eigenvalue weighted by Gasteiger charge is 2.07. The molecule has 2 aromatic rings. The third-order valence-electron chi connectivity index (χ3n) is 2.33. The minimum Gasteiger partial charge on any atom is -0.493 e. The SMILES string of the molecule is CCCOc1ccccc1-c1cc(C)[nH]n1. The number of para-hydroxylation sites is 1. The Morgan fingerprint density at radius 3 is 2.81 bits per heavy atom. The normalized spacial score (nSPS) is 10.4. The summed E-state index contributed by atoms with van der Waals surface area (Å²) < 4.78 is 5.70. The molecule has 0 fully saturated rings. The van der Waals surface area contributed by atoms with Gasteiger partial charge in [-0.15, -0.1) is 0 Å². The minimum absolute atomic E-state index is 0.737. The fourth-order valence-electron chi connectivity index (χ4n) is 1.57. The first-order valence-corrected chi connectivity index (χ1v) is 5.55. The van der Waals surface area contributed by atoms with Crippen molar-refractivity contribution >= 4 is 0 Å². The maximum atomic E-state index is 5.70. The van der Waals surface area contributed by atoms with Gasteiger partial charge in [-0.2, -0.15) is 5.10 Å². The van der Waals surface area contributed by atoms with Gasteiger partial charge in [0.15, 0.2) is 0 Å². The van der Waals surface area contributed by atoms with Crippen LogP contribution < -0.4 is 4.74 Å². The average molecular weight is 216 g/mol. The Balaban J connectivity index is 2.32. The number of hydrogen-bond acceptors (Lipinski definition) is 2. The molecule has 1 N–H and O–H groups in total. The number of hydrogen-bond donors (Lipinski definition) is 1. The van der Waals surface area contributed by atoms with Crippen molar-refractivity contribution in [2.45, 2.75) is 20.3 Å². The Kier molecular flexibility index (Phi) is 3.25. The first-order valence-electron chi connectivity index (χ1n) is 5.55. The molecule has 0 aliphatic rings. The van der Waals surface area contributed by atoms with E-state index in [2.05, 4.69) is 17.1 Å². The summed E-state index contributed by atoms with van der Waals surface area (Å²) in [5, 5.41) is 7.19. The lowest BCUT2D eigenvalue weighted by Crippen LogP contribution is -1.96. The van der Waals surface area contributed by atoms with Crippen LogP contribution >= 0.6 is 0 Å². The number of nitrogens with zero attached hydrogens (tertiary/aromatic N) is 1. The molecule has 0 unspecified atom stereocenters. The molecular weight excluding hydrogens is 200 g/mol. The minimum atomic E-state index is 0.737. The van der Waals surface area contributed by atoms with E-state index in [1.165, 1.54) is 0 Å². The molecule has 0 saturated heterocycles. The van der Waals surface area contributed by atoms with Crippen molar-refractivity contribution < 1.29 is 4.74 Å². The van der Waals surface area contributed by atoms with Crippen molar-refractivity contribution in [1.29, 1.82) is 0 Å². The second-order valence-corrected chi connectivity index (χ2v) is 3.78. The molecule has 84 valence electrons. The summed E-state index contributed by atoms with van der Waals surface area (Å²) in [5.74, 6) is 0.899. The van der Waals surface area contributed by atoms with Crippen LogP contribution in [0.2, 0.25) is 0 Å². The maximum absolute atomic E-state index is 5.70. The smallest absolute Gasteiger partial charge is 0.128 e. The van der Waals surface area contributed by atoms with Crippen molar-refractivity contribution in [1.82, 2.24) is 10.2 Å². The van der Waals surface area contributed by atoms with E-state index >= 15 is 0 Å². The molecule has 0 aliphatic carbocycles. The first kappa shape index (κ1) is 10.7. The molecule has 0 radical (unpaired) electrons. The van der Waals surface area contributed by atoms with E-state index in [4.69, 9.17) is 4.74 Å². The lowest BCUT2D eigenvalue weighted by atomic mass is 10.1. The van der Waals surface area contributed by atoms with Gasteiger partial charge < -0.3 is 4.74 Å². The van der Waals surface area contributed by atoms with Crippen LogP contribution in [-0.2, 0) is 0 Å². The van der Waals surface area contributed by atoms with E-state index in [1.54, 1.807) is 0 Å². The molecular formula is C13H16N2O. The highest BCUT2D eigenvalue weighted by Crippen LogP contribution is 2.28. The van der Waals surface area contributed by atoms with Crippen LogP contribution in [0.25, 0.3) is 11.3 Å². The molecule has 3 heteroatoms. The number of aryl methyl sites for hydroxylation is 1. The molecule has 0 aliphatic heterocycles. The Morgan fingerprint density at radius 1 is 1.31 bits per heavy atom. The molecule has 3 nitrogen and oxygen atoms in total. The Morgan fingerprint density at radius 2 is 2.12 bits per heavy atom. The third kappa shape index (κ3) is 2.24. The molecule has 1 aromatic carbocycles. The second-order valence-electron chi connectivity index (χ2n) is 3.78. The van der Waals surface area contributed by atoms with Crippen LogP contribution in [0.15, 0.2) is 30.3 Å². The molecule has 0 saturated carbocycles. The number of ether oxygens (including phenoxy) is 1. The highest BCUT2D eigenvalue weighted by molar-refractivity contribution is 5.67. The summed E-state index contributed by atoms with van der Waals surface area (Å²) in [6, 6.07) is 10.0. The molecule has 0 atom stereocenters. The molecule has 1 aromatic heterocycles. The predicted octanol–water partition coefficient (Wildman–Crippen LogP) is 3.17. The lowest BCUT2D eigenvalue weighted by molar-refractivity contribution is 0.318. The number of aromatic nitrogens is 2. The second kappa shape index (κ2) is 4.84. The fourth-order valence-corrected chi connectivity index (χ4v) is 1.57. The summed E-state index contributed by atoms with van der Waals surface area (Å²) in [6.45, 7) is 4.83. The van der Waals surface area contributed by atoms with Gasteiger partial charge in [0.05, 0.1) is 12.3 Å². The van der Waals surface area contributed by atoms with E-state index in [0.29, 0.717) is 0 Å². The highest BCUT2D eigenvalue weighted by atomic mass is 16.5. The molecule has 0 spiro atoms. The zero-order chi connectivity index (χ0) is 11.4. The number of benzene rings is 1. The topological polar surface area (TPSA) is 37.9 Å². The predicted molar refractivity (Wildman–Crippen MR) is 64.5 cm³/mol. The van der Waals surface area contributed by atoms with Gasteiger partial charge in [-0.1, -0.05) is 19.1 Å². The summed E-state index contributed by atoms with van der Waals surface area (Å²) in [6.07, 6.45) is 1.01. The number of H-pyrrole nitrogens is 1. The van der Waals surface area contributed by atoms with Crippen LogP contribution in [-0.4, -0.2) is 16.8 Å². The maximum Gasteiger partial charge on any atom is 0.128 e. The lowest BCUT2D eigenvalue weighted by Gasteiger charge is -2.08. The number of aromatic amines is 1. The number of rotatable bonds is 4. The van der Waals surface area contributed by atoms with Crippen molar-refractivity contribution in [2.75, 3.05) is 6.61 Å². The first-order chi connectivity index (χ1) is 7.81. The van der Waals surface area contributed by atoms with Crippen LogP contribution in [0.1, 0.15) is 19.0 Å². The van der Waals surface area contributed by atoms with Crippen molar-refractivity contribution in [3.63, 3.8) is 0 Å². The molecule has 0 bridgehead atoms. The van der Waals surface area contributed by atoms with E-state index in [9.17, 15) is 0 Å². The monoisotopic (exact) mass is 216 g/mol. The van der Waals surface area contributed by atoms with Crippen LogP contribution in [0.3, 0.4) is 0 Å². The Hall–Kier alpha value is -1.77. The van der Waals surface area contributed by atoms with Gasteiger partial charge >= 0.3 is 0 Å². The van der Waals surface area contributed by atoms with Crippen molar-refractivity contribution in [3.05, 3.63) is 36.0 Å². The zero-order valence-corrected chi connectivity index (χ0v) is 9.66. The Labute approximate surface area is 95.5 Å². The van der Waals surface area contributed by atoms with Crippen LogP contribution in [0.4, 0.5) is 0 Å². The largest absolute Gasteiger partial charge is 0.493 e. The van der Waals surface area contributed by atoms with Gasteiger partial charge in [0.2, 0.25) is 0 Å². The van der Waals surface area contributed by atoms with Gasteiger partial charge in [0.25, 0.3) is 0 Å².